The quantitative estimate of drug-likeness (QED) is 0.836. The van der Waals surface area contributed by atoms with E-state index in [1.807, 2.05) is 11.8 Å². The molecule has 112 valence electrons. The van der Waals surface area contributed by atoms with Gasteiger partial charge in [-0.2, -0.15) is 11.8 Å². The van der Waals surface area contributed by atoms with Crippen LogP contribution in [0.5, 0.6) is 0 Å². The van der Waals surface area contributed by atoms with Crippen molar-refractivity contribution in [1.29, 1.82) is 0 Å². The fourth-order valence-corrected chi connectivity index (χ4v) is 3.00. The summed E-state index contributed by atoms with van der Waals surface area (Å²) < 4.78 is 0. The van der Waals surface area contributed by atoms with Gasteiger partial charge in [-0.25, -0.2) is 9.97 Å². The zero-order valence-electron chi connectivity index (χ0n) is 13.2. The third-order valence-electron chi connectivity index (χ3n) is 3.83. The molecule has 0 aromatic carbocycles. The predicted molar refractivity (Wildman–Crippen MR) is 89.2 cm³/mol. The number of nitrogens with zero attached hydrogens (tertiary/aromatic N) is 3. The zero-order chi connectivity index (χ0) is 14.7. The molecule has 0 bridgehead atoms. The van der Waals surface area contributed by atoms with E-state index in [4.69, 9.17) is 9.97 Å². The van der Waals surface area contributed by atoms with Crippen molar-refractivity contribution >= 4 is 23.4 Å². The van der Waals surface area contributed by atoms with Gasteiger partial charge in [-0.1, -0.05) is 0 Å². The Hall–Kier alpha value is -0.970. The normalized spacial score (nSPS) is 16.1. The number of hydrogen-bond acceptors (Lipinski definition) is 5. The van der Waals surface area contributed by atoms with Crippen molar-refractivity contribution in [3.8, 4) is 0 Å². The number of nitrogens with one attached hydrogen (secondary N) is 1. The molecule has 4 nitrogen and oxygen atoms in total. The molecule has 1 fully saturated rings. The maximum atomic E-state index is 4.85. The molecule has 1 saturated carbocycles. The van der Waals surface area contributed by atoms with Gasteiger partial charge in [0, 0.05) is 36.9 Å². The highest BCUT2D eigenvalue weighted by Gasteiger charge is 2.29. The van der Waals surface area contributed by atoms with Crippen LogP contribution in [-0.4, -0.2) is 41.6 Å². The van der Waals surface area contributed by atoms with E-state index >= 15 is 0 Å². The van der Waals surface area contributed by atoms with Crippen molar-refractivity contribution in [2.75, 3.05) is 35.8 Å². The summed E-state index contributed by atoms with van der Waals surface area (Å²) in [4.78, 5) is 11.9. The lowest BCUT2D eigenvalue weighted by atomic mass is 10.2. The van der Waals surface area contributed by atoms with Crippen molar-refractivity contribution in [2.24, 2.45) is 0 Å². The summed E-state index contributed by atoms with van der Waals surface area (Å²) in [5.74, 6) is 4.79. The molecular formula is C15H26N4S. The molecule has 1 atom stereocenters. The molecule has 0 saturated heterocycles. The monoisotopic (exact) mass is 294 g/mol. The fraction of sp³-hybridized carbons (Fsp3) is 0.733. The molecule has 1 aromatic heterocycles. The minimum Gasteiger partial charge on any atom is -0.370 e. The summed E-state index contributed by atoms with van der Waals surface area (Å²) in [5.41, 5.74) is 1.16. The van der Waals surface area contributed by atoms with Gasteiger partial charge in [-0.05, 0) is 39.9 Å². The average molecular weight is 294 g/mol. The Labute approximate surface area is 126 Å². The smallest absolute Gasteiger partial charge is 0.137 e. The molecule has 0 amide bonds. The second-order valence-corrected chi connectivity index (χ2v) is 6.51. The van der Waals surface area contributed by atoms with Crippen LogP contribution in [0.1, 0.15) is 44.0 Å². The Balaban J connectivity index is 2.34. The molecule has 1 N–H and O–H groups in total. The molecule has 0 aliphatic heterocycles. The second kappa shape index (κ2) is 6.66. The molecular weight excluding hydrogens is 268 g/mol. The molecule has 0 spiro atoms. The molecule has 1 unspecified atom stereocenters. The Kier molecular flexibility index (Phi) is 5.13. The fourth-order valence-electron chi connectivity index (χ4n) is 2.29. The average Bonchev–Trinajstić information content (AvgIpc) is 3.25. The van der Waals surface area contributed by atoms with E-state index in [0.29, 0.717) is 12.0 Å². The lowest BCUT2D eigenvalue weighted by Gasteiger charge is -2.28. The molecule has 1 aliphatic rings. The van der Waals surface area contributed by atoms with Crippen LogP contribution < -0.4 is 10.2 Å². The molecule has 5 heteroatoms. The van der Waals surface area contributed by atoms with Gasteiger partial charge in [-0.3, -0.25) is 0 Å². The maximum absolute atomic E-state index is 4.85. The molecule has 2 rings (SSSR count). The highest BCUT2D eigenvalue weighted by Crippen LogP contribution is 2.40. The molecule has 1 heterocycles. The van der Waals surface area contributed by atoms with Crippen molar-refractivity contribution in [3.05, 3.63) is 11.4 Å². The van der Waals surface area contributed by atoms with Crippen molar-refractivity contribution in [1.82, 2.24) is 9.97 Å². The van der Waals surface area contributed by atoms with Crippen LogP contribution in [-0.2, 0) is 0 Å². The van der Waals surface area contributed by atoms with Crippen molar-refractivity contribution in [2.45, 2.75) is 45.6 Å². The number of rotatable bonds is 7. The Morgan fingerprint density at radius 2 is 2.10 bits per heavy atom. The SMILES string of the molecule is CCNc1nc(C2CC2)nc(N(C)C(C)CSC)c1C. The van der Waals surface area contributed by atoms with Crippen LogP contribution in [0, 0.1) is 6.92 Å². The minimum atomic E-state index is 0.472. The summed E-state index contributed by atoms with van der Waals surface area (Å²) in [6, 6.07) is 0.472. The highest BCUT2D eigenvalue weighted by atomic mass is 32.2. The van der Waals surface area contributed by atoms with Gasteiger partial charge in [0.15, 0.2) is 0 Å². The van der Waals surface area contributed by atoms with Gasteiger partial charge in [-0.15, -0.1) is 0 Å². The zero-order valence-corrected chi connectivity index (χ0v) is 14.0. The second-order valence-electron chi connectivity index (χ2n) is 5.60. The van der Waals surface area contributed by atoms with Gasteiger partial charge in [0.2, 0.25) is 0 Å². The standard InChI is InChI=1S/C15H26N4S/c1-6-16-13-11(3)15(19(4)10(2)9-20-5)18-14(17-13)12-7-8-12/h10,12H,6-9H2,1-5H3,(H,16,17,18). The lowest BCUT2D eigenvalue weighted by Crippen LogP contribution is -2.32. The number of anilines is 2. The third-order valence-corrected chi connectivity index (χ3v) is 4.64. The number of aromatic nitrogens is 2. The first-order chi connectivity index (χ1) is 9.58. The Bertz CT molecular complexity index is 459. The Morgan fingerprint density at radius 3 is 2.65 bits per heavy atom. The van der Waals surface area contributed by atoms with E-state index in [0.717, 1.165) is 35.3 Å². The summed E-state index contributed by atoms with van der Waals surface area (Å²) in [6.07, 6.45) is 4.62. The Morgan fingerprint density at radius 1 is 1.40 bits per heavy atom. The van der Waals surface area contributed by atoms with E-state index in [1.54, 1.807) is 0 Å². The van der Waals surface area contributed by atoms with Crippen LogP contribution in [0.25, 0.3) is 0 Å². The van der Waals surface area contributed by atoms with Crippen LogP contribution >= 0.6 is 11.8 Å². The van der Waals surface area contributed by atoms with E-state index in [1.165, 1.54) is 12.8 Å². The highest BCUT2D eigenvalue weighted by molar-refractivity contribution is 7.98. The molecule has 0 radical (unpaired) electrons. The number of hydrogen-bond donors (Lipinski definition) is 1. The van der Waals surface area contributed by atoms with Gasteiger partial charge >= 0.3 is 0 Å². The van der Waals surface area contributed by atoms with E-state index in [2.05, 4.69) is 44.3 Å². The first-order valence-corrected chi connectivity index (χ1v) is 8.82. The minimum absolute atomic E-state index is 0.472. The molecule has 20 heavy (non-hydrogen) atoms. The lowest BCUT2D eigenvalue weighted by molar-refractivity contribution is 0.740. The summed E-state index contributed by atoms with van der Waals surface area (Å²) >= 11 is 1.88. The largest absolute Gasteiger partial charge is 0.370 e. The first kappa shape index (κ1) is 15.4. The predicted octanol–water partition coefficient (Wildman–Crippen LogP) is 3.28. The van der Waals surface area contributed by atoms with E-state index in [9.17, 15) is 0 Å². The van der Waals surface area contributed by atoms with Gasteiger partial charge < -0.3 is 10.2 Å². The van der Waals surface area contributed by atoms with E-state index < -0.39 is 0 Å². The molecule has 1 aliphatic carbocycles. The summed E-state index contributed by atoms with van der Waals surface area (Å²) in [5, 5.41) is 3.38. The summed E-state index contributed by atoms with van der Waals surface area (Å²) in [7, 11) is 2.14. The van der Waals surface area contributed by atoms with Gasteiger partial charge in [0.05, 0.1) is 0 Å². The van der Waals surface area contributed by atoms with Gasteiger partial charge in [0.25, 0.3) is 0 Å². The van der Waals surface area contributed by atoms with Crippen LogP contribution in [0.2, 0.25) is 0 Å². The van der Waals surface area contributed by atoms with Crippen LogP contribution in [0.4, 0.5) is 11.6 Å². The van der Waals surface area contributed by atoms with Crippen molar-refractivity contribution < 1.29 is 0 Å². The van der Waals surface area contributed by atoms with Crippen LogP contribution in [0.15, 0.2) is 0 Å². The summed E-state index contributed by atoms with van der Waals surface area (Å²) in [6.45, 7) is 7.37. The van der Waals surface area contributed by atoms with Crippen molar-refractivity contribution in [3.63, 3.8) is 0 Å². The first-order valence-electron chi connectivity index (χ1n) is 7.42. The topological polar surface area (TPSA) is 41.1 Å². The van der Waals surface area contributed by atoms with E-state index in [-0.39, 0.29) is 0 Å². The third kappa shape index (κ3) is 3.37. The van der Waals surface area contributed by atoms with Crippen LogP contribution in [0.3, 0.4) is 0 Å². The number of thioether (sulfide) groups is 1. The molecule has 1 aromatic rings. The maximum Gasteiger partial charge on any atom is 0.137 e. The van der Waals surface area contributed by atoms with Gasteiger partial charge in [0.1, 0.15) is 17.5 Å².